The summed E-state index contributed by atoms with van der Waals surface area (Å²) >= 11 is 0. The third-order valence-corrected chi connectivity index (χ3v) is 2.29. The third kappa shape index (κ3) is 2.41. The average molecular weight is 241 g/mol. The minimum atomic E-state index is -1.31. The van der Waals surface area contributed by atoms with Crippen LogP contribution in [0.15, 0.2) is 12.1 Å². The number of hydrogen-bond donors (Lipinski definition) is 1. The van der Waals surface area contributed by atoms with E-state index in [-0.39, 0.29) is 11.1 Å². The number of benzene rings is 1. The molecule has 5 nitrogen and oxygen atoms in total. The second kappa shape index (κ2) is 4.12. The number of nitrogens with zero attached hydrogens (tertiary/aromatic N) is 1. The molecule has 0 bridgehead atoms. The molecule has 17 heavy (non-hydrogen) atoms. The van der Waals surface area contributed by atoms with Gasteiger partial charge in [-0.15, -0.1) is 0 Å². The van der Waals surface area contributed by atoms with E-state index in [1.165, 1.54) is 0 Å². The fourth-order valence-electron chi connectivity index (χ4n) is 1.68. The molecule has 0 amide bonds. The van der Waals surface area contributed by atoms with E-state index >= 15 is 0 Å². The van der Waals surface area contributed by atoms with Gasteiger partial charge < -0.3 is 5.11 Å². The van der Waals surface area contributed by atoms with E-state index < -0.39 is 27.8 Å². The van der Waals surface area contributed by atoms with Gasteiger partial charge >= 0.3 is 11.7 Å². The fraction of sp³-hybridized carbons (Fsp3) is 0.364. The number of aromatic carboxylic acids is 1. The first-order valence-corrected chi connectivity index (χ1v) is 4.87. The highest BCUT2D eigenvalue weighted by molar-refractivity contribution is 5.91. The quantitative estimate of drug-likeness (QED) is 0.637. The number of nitro benzene ring substituents is 1. The van der Waals surface area contributed by atoms with Crippen LogP contribution in [0.1, 0.15) is 36.7 Å². The molecule has 0 heterocycles. The lowest BCUT2D eigenvalue weighted by atomic mass is 9.82. The van der Waals surface area contributed by atoms with E-state index in [1.54, 1.807) is 20.8 Å². The Labute approximate surface area is 97.0 Å². The van der Waals surface area contributed by atoms with Gasteiger partial charge in [-0.2, -0.15) is 4.39 Å². The first-order valence-electron chi connectivity index (χ1n) is 4.87. The molecule has 0 fully saturated rings. The topological polar surface area (TPSA) is 80.4 Å². The molecule has 0 spiro atoms. The van der Waals surface area contributed by atoms with Crippen LogP contribution in [0.3, 0.4) is 0 Å². The van der Waals surface area contributed by atoms with Gasteiger partial charge in [-0.1, -0.05) is 20.8 Å². The highest BCUT2D eigenvalue weighted by Crippen LogP contribution is 2.36. The maximum Gasteiger partial charge on any atom is 0.336 e. The summed E-state index contributed by atoms with van der Waals surface area (Å²) in [5, 5.41) is 19.8. The van der Waals surface area contributed by atoms with Gasteiger partial charge in [0, 0.05) is 0 Å². The predicted octanol–water partition coefficient (Wildman–Crippen LogP) is 2.73. The Morgan fingerprint density at radius 2 is 1.94 bits per heavy atom. The Morgan fingerprint density at radius 1 is 1.41 bits per heavy atom. The Balaban J connectivity index is 3.75. The van der Waals surface area contributed by atoms with Gasteiger partial charge in [0.05, 0.1) is 16.1 Å². The molecule has 1 aromatic rings. The summed E-state index contributed by atoms with van der Waals surface area (Å²) in [7, 11) is 0. The number of rotatable bonds is 2. The molecule has 0 atom stereocenters. The fourth-order valence-corrected chi connectivity index (χ4v) is 1.68. The van der Waals surface area contributed by atoms with Crippen molar-refractivity contribution in [2.24, 2.45) is 0 Å². The molecule has 0 radical (unpaired) electrons. The van der Waals surface area contributed by atoms with Crippen molar-refractivity contribution >= 4 is 11.7 Å². The Hall–Kier alpha value is -1.98. The molecule has 0 unspecified atom stereocenters. The highest BCUT2D eigenvalue weighted by Gasteiger charge is 2.33. The number of carbonyl (C=O) groups is 1. The summed E-state index contributed by atoms with van der Waals surface area (Å²) in [4.78, 5) is 21.0. The van der Waals surface area contributed by atoms with Crippen LogP contribution in [0.2, 0.25) is 0 Å². The zero-order valence-electron chi connectivity index (χ0n) is 9.65. The number of carboxylic acid groups (broad SMARTS) is 1. The predicted molar refractivity (Wildman–Crippen MR) is 58.7 cm³/mol. The molecule has 0 saturated carbocycles. The molecular weight excluding hydrogens is 229 g/mol. The maximum atomic E-state index is 13.4. The second-order valence-corrected chi connectivity index (χ2v) is 4.63. The largest absolute Gasteiger partial charge is 0.478 e. The van der Waals surface area contributed by atoms with E-state index in [2.05, 4.69) is 0 Å². The van der Waals surface area contributed by atoms with Crippen LogP contribution < -0.4 is 0 Å². The van der Waals surface area contributed by atoms with Gasteiger partial charge in [-0.05, 0) is 17.5 Å². The molecule has 0 saturated heterocycles. The monoisotopic (exact) mass is 241 g/mol. The van der Waals surface area contributed by atoms with Gasteiger partial charge in [0.2, 0.25) is 5.82 Å². The molecule has 1 rings (SSSR count). The van der Waals surface area contributed by atoms with E-state index in [9.17, 15) is 19.3 Å². The van der Waals surface area contributed by atoms with Crippen molar-refractivity contribution in [1.82, 2.24) is 0 Å². The highest BCUT2D eigenvalue weighted by atomic mass is 19.1. The molecular formula is C11H12FNO4. The minimum absolute atomic E-state index is 0.102. The molecule has 1 aromatic carbocycles. The second-order valence-electron chi connectivity index (χ2n) is 4.63. The third-order valence-electron chi connectivity index (χ3n) is 2.29. The van der Waals surface area contributed by atoms with Gasteiger partial charge in [-0.3, -0.25) is 10.1 Å². The summed E-state index contributed by atoms with van der Waals surface area (Å²) in [6.07, 6.45) is 0. The van der Waals surface area contributed by atoms with Crippen molar-refractivity contribution in [1.29, 1.82) is 0 Å². The zero-order chi connectivity index (χ0) is 13.4. The lowest BCUT2D eigenvalue weighted by Gasteiger charge is -2.21. The summed E-state index contributed by atoms with van der Waals surface area (Å²) in [6, 6.07) is 1.85. The SMILES string of the molecule is CC(C)(C)c1c(C(=O)O)ccc(F)c1[N+](=O)[O-]. The molecule has 92 valence electrons. The van der Waals surface area contributed by atoms with Crippen molar-refractivity contribution in [3.8, 4) is 0 Å². The first-order chi connectivity index (χ1) is 7.66. The molecule has 0 aliphatic heterocycles. The van der Waals surface area contributed by atoms with E-state index in [0.717, 1.165) is 12.1 Å². The smallest absolute Gasteiger partial charge is 0.336 e. The summed E-state index contributed by atoms with van der Waals surface area (Å²) in [5.41, 5.74) is -1.95. The number of halogens is 1. The van der Waals surface area contributed by atoms with E-state index in [0.29, 0.717) is 0 Å². The van der Waals surface area contributed by atoms with Crippen molar-refractivity contribution in [3.05, 3.63) is 39.2 Å². The zero-order valence-corrected chi connectivity index (χ0v) is 9.65. The van der Waals surface area contributed by atoms with Crippen molar-refractivity contribution in [3.63, 3.8) is 0 Å². The van der Waals surface area contributed by atoms with Crippen molar-refractivity contribution < 1.29 is 19.2 Å². The molecule has 0 aliphatic carbocycles. The van der Waals surface area contributed by atoms with E-state index in [1.807, 2.05) is 0 Å². The van der Waals surface area contributed by atoms with Gasteiger partial charge in [0.15, 0.2) is 0 Å². The Kier molecular flexibility index (Phi) is 3.17. The normalized spacial score (nSPS) is 11.3. The Bertz CT molecular complexity index is 491. The lowest BCUT2D eigenvalue weighted by molar-refractivity contribution is -0.388. The number of carboxylic acids is 1. The van der Waals surface area contributed by atoms with Crippen LogP contribution >= 0.6 is 0 Å². The van der Waals surface area contributed by atoms with Crippen LogP contribution in [0, 0.1) is 15.9 Å². The summed E-state index contributed by atoms with van der Waals surface area (Å²) in [6.45, 7) is 4.80. The lowest BCUT2D eigenvalue weighted by Crippen LogP contribution is -2.20. The molecule has 1 N–H and O–H groups in total. The van der Waals surface area contributed by atoms with Crippen LogP contribution in [0.4, 0.5) is 10.1 Å². The minimum Gasteiger partial charge on any atom is -0.478 e. The standard InChI is InChI=1S/C11H12FNO4/c1-11(2,3)8-6(10(14)15)4-5-7(12)9(8)13(16)17/h4-5H,1-3H3,(H,14,15). The summed E-state index contributed by atoms with van der Waals surface area (Å²) < 4.78 is 13.4. The van der Waals surface area contributed by atoms with E-state index in [4.69, 9.17) is 5.11 Å². The molecule has 6 heteroatoms. The van der Waals surface area contributed by atoms with Gasteiger partial charge in [0.1, 0.15) is 0 Å². The maximum absolute atomic E-state index is 13.4. The first kappa shape index (κ1) is 13.1. The van der Waals surface area contributed by atoms with Crippen molar-refractivity contribution in [2.75, 3.05) is 0 Å². The van der Waals surface area contributed by atoms with Crippen LogP contribution in [-0.4, -0.2) is 16.0 Å². The molecule has 0 aromatic heterocycles. The number of hydrogen-bond acceptors (Lipinski definition) is 3. The Morgan fingerprint density at radius 3 is 2.29 bits per heavy atom. The van der Waals surface area contributed by atoms with Crippen LogP contribution in [-0.2, 0) is 5.41 Å². The molecule has 0 aliphatic rings. The average Bonchev–Trinajstić information content (AvgIpc) is 2.14. The summed E-state index contributed by atoms with van der Waals surface area (Å²) in [5.74, 6) is -2.33. The van der Waals surface area contributed by atoms with Gasteiger partial charge in [-0.25, -0.2) is 4.79 Å². The van der Waals surface area contributed by atoms with Crippen LogP contribution in [0.5, 0.6) is 0 Å². The van der Waals surface area contributed by atoms with Crippen LogP contribution in [0.25, 0.3) is 0 Å². The van der Waals surface area contributed by atoms with Crippen molar-refractivity contribution in [2.45, 2.75) is 26.2 Å². The van der Waals surface area contributed by atoms with Gasteiger partial charge in [0.25, 0.3) is 0 Å². The number of nitro groups is 1.